The number of rotatable bonds is 9. The number of ether oxygens (including phenoxy) is 1. The molecule has 3 atom stereocenters. The lowest BCUT2D eigenvalue weighted by atomic mass is 9.98. The van der Waals surface area contributed by atoms with Gasteiger partial charge in [0.2, 0.25) is 5.91 Å². The first kappa shape index (κ1) is 28.4. The van der Waals surface area contributed by atoms with Crippen molar-refractivity contribution in [3.8, 4) is 11.1 Å². The first-order chi connectivity index (χ1) is 20.3. The molecular weight excluding hydrogens is 557 g/mol. The fourth-order valence-electron chi connectivity index (χ4n) is 6.10. The van der Waals surface area contributed by atoms with Crippen molar-refractivity contribution in [2.45, 2.75) is 36.8 Å². The molecule has 0 aromatic heterocycles. The molecule has 42 heavy (non-hydrogen) atoms. The van der Waals surface area contributed by atoms with E-state index < -0.39 is 22.0 Å². The molecule has 10 heteroatoms. The molecule has 0 bridgehead atoms. The summed E-state index contributed by atoms with van der Waals surface area (Å²) in [5.41, 5.74) is 5.50. The lowest BCUT2D eigenvalue weighted by Crippen LogP contribution is -2.53. The summed E-state index contributed by atoms with van der Waals surface area (Å²) in [6, 6.07) is 22.0. The summed E-state index contributed by atoms with van der Waals surface area (Å²) in [4.78, 5) is 28.0. The number of sulfone groups is 1. The monoisotopic (exact) mass is 591 g/mol. The number of hydrogen-bond acceptors (Lipinski definition) is 6. The number of benzene rings is 3. The van der Waals surface area contributed by atoms with Crippen molar-refractivity contribution < 1.29 is 27.1 Å². The largest absolute Gasteiger partial charge is 0.449 e. The third-order valence-corrected chi connectivity index (χ3v) is 10.1. The van der Waals surface area contributed by atoms with E-state index in [0.29, 0.717) is 13.0 Å². The summed E-state index contributed by atoms with van der Waals surface area (Å²) in [7, 11) is -3.16. The van der Waals surface area contributed by atoms with Crippen LogP contribution in [0.3, 0.4) is 0 Å². The Morgan fingerprint density at radius 1 is 0.929 bits per heavy atom. The predicted molar refractivity (Wildman–Crippen MR) is 157 cm³/mol. The second-order valence-electron chi connectivity index (χ2n) is 11.2. The van der Waals surface area contributed by atoms with Crippen LogP contribution >= 0.6 is 0 Å². The zero-order valence-corrected chi connectivity index (χ0v) is 24.0. The maximum absolute atomic E-state index is 13.4. The van der Waals surface area contributed by atoms with Crippen molar-refractivity contribution in [1.82, 2.24) is 15.5 Å². The Kier molecular flexibility index (Phi) is 8.00. The quantitative estimate of drug-likeness (QED) is 0.392. The van der Waals surface area contributed by atoms with E-state index in [1.165, 1.54) is 17.0 Å². The molecule has 3 aromatic rings. The van der Waals surface area contributed by atoms with Gasteiger partial charge >= 0.3 is 6.09 Å². The maximum Gasteiger partial charge on any atom is 0.407 e. The van der Waals surface area contributed by atoms with Gasteiger partial charge in [-0.15, -0.1) is 0 Å². The number of amides is 2. The zero-order chi connectivity index (χ0) is 29.3. The second kappa shape index (κ2) is 11.9. The number of halogens is 1. The van der Waals surface area contributed by atoms with Gasteiger partial charge in [-0.25, -0.2) is 17.6 Å². The van der Waals surface area contributed by atoms with Crippen molar-refractivity contribution in [3.63, 3.8) is 0 Å². The van der Waals surface area contributed by atoms with Gasteiger partial charge < -0.3 is 20.3 Å². The summed E-state index contributed by atoms with van der Waals surface area (Å²) >= 11 is 0. The molecule has 2 amide bonds. The van der Waals surface area contributed by atoms with E-state index in [0.717, 1.165) is 34.2 Å². The number of fused-ring (bicyclic) bond motifs is 3. The highest BCUT2D eigenvalue weighted by Gasteiger charge is 2.38. The Labute approximate surface area is 245 Å². The Hall–Kier alpha value is -3.76. The summed E-state index contributed by atoms with van der Waals surface area (Å²) in [5, 5.41) is 6.21. The number of nitrogens with one attached hydrogen (secondary N) is 2. The SMILES string of the molecule is O=C(N[C@H](CCN[C@@H]1C[C@H]1c1ccc(F)cc1)C(=O)N1CCS(=O)(=O)CC1)OCC1c2ccccc2-c2ccccc21. The van der Waals surface area contributed by atoms with E-state index in [4.69, 9.17) is 4.74 Å². The van der Waals surface area contributed by atoms with Crippen LogP contribution in [0.1, 0.15) is 41.4 Å². The number of nitrogens with zero attached hydrogens (tertiary/aromatic N) is 1. The smallest absolute Gasteiger partial charge is 0.407 e. The molecule has 0 radical (unpaired) electrons. The van der Waals surface area contributed by atoms with Crippen molar-refractivity contribution in [3.05, 3.63) is 95.3 Å². The topological polar surface area (TPSA) is 105 Å². The van der Waals surface area contributed by atoms with Crippen molar-refractivity contribution in [1.29, 1.82) is 0 Å². The first-order valence-electron chi connectivity index (χ1n) is 14.4. The average molecular weight is 592 g/mol. The highest BCUT2D eigenvalue weighted by Crippen LogP contribution is 2.44. The molecule has 0 unspecified atom stereocenters. The Morgan fingerprint density at radius 2 is 1.55 bits per heavy atom. The summed E-state index contributed by atoms with van der Waals surface area (Å²) < 4.78 is 42.8. The second-order valence-corrected chi connectivity index (χ2v) is 13.5. The van der Waals surface area contributed by atoms with Crippen molar-refractivity contribution in [2.24, 2.45) is 0 Å². The first-order valence-corrected chi connectivity index (χ1v) is 16.2. The van der Waals surface area contributed by atoms with Gasteiger partial charge in [-0.3, -0.25) is 4.79 Å². The highest BCUT2D eigenvalue weighted by molar-refractivity contribution is 7.91. The van der Waals surface area contributed by atoms with Gasteiger partial charge in [0.15, 0.2) is 9.84 Å². The lowest BCUT2D eigenvalue weighted by Gasteiger charge is -2.30. The van der Waals surface area contributed by atoms with Gasteiger partial charge in [0.1, 0.15) is 18.5 Å². The van der Waals surface area contributed by atoms with Crippen LogP contribution < -0.4 is 10.6 Å². The average Bonchev–Trinajstić information content (AvgIpc) is 3.69. The van der Waals surface area contributed by atoms with E-state index in [1.54, 1.807) is 12.1 Å². The standard InChI is InChI=1S/C32H34FN3O5S/c33-22-11-9-21(10-12-22)27-19-30(27)34-14-13-29(31(37)36-15-17-42(39,40)18-16-36)35-32(38)41-20-28-25-7-3-1-5-23(25)24-6-2-4-8-26(24)28/h1-12,27-30,34H,13-20H2,(H,35,38)/t27-,29+,30+/m0/s1. The third kappa shape index (κ3) is 6.19. The third-order valence-electron chi connectivity index (χ3n) is 8.52. The fourth-order valence-corrected chi connectivity index (χ4v) is 7.31. The predicted octanol–water partition coefficient (Wildman–Crippen LogP) is 3.83. The number of hydrogen-bond donors (Lipinski definition) is 2. The molecule has 8 nitrogen and oxygen atoms in total. The molecule has 3 aromatic carbocycles. The molecule has 1 saturated carbocycles. The number of carbonyl (C=O) groups is 2. The van der Waals surface area contributed by atoms with Gasteiger partial charge in [0.05, 0.1) is 11.5 Å². The van der Waals surface area contributed by atoms with Gasteiger partial charge in [-0.05, 0) is 59.3 Å². The van der Waals surface area contributed by atoms with E-state index in [9.17, 15) is 22.4 Å². The van der Waals surface area contributed by atoms with Crippen LogP contribution in [0.4, 0.5) is 9.18 Å². The molecule has 1 heterocycles. The molecule has 3 aliphatic rings. The Balaban J connectivity index is 1.08. The van der Waals surface area contributed by atoms with Crippen LogP contribution in [0.2, 0.25) is 0 Å². The molecule has 0 spiro atoms. The van der Waals surface area contributed by atoms with Crippen LogP contribution in [0.5, 0.6) is 0 Å². The minimum Gasteiger partial charge on any atom is -0.449 e. The number of alkyl carbamates (subject to hydrolysis) is 1. The molecule has 6 rings (SSSR count). The van der Waals surface area contributed by atoms with Crippen LogP contribution in [0.15, 0.2) is 72.8 Å². The minimum atomic E-state index is -3.16. The Bertz CT molecular complexity index is 1520. The zero-order valence-electron chi connectivity index (χ0n) is 23.2. The molecule has 1 saturated heterocycles. The molecule has 2 fully saturated rings. The Morgan fingerprint density at radius 3 is 2.19 bits per heavy atom. The number of carbonyl (C=O) groups excluding carboxylic acids is 2. The maximum atomic E-state index is 13.4. The van der Waals surface area contributed by atoms with Crippen molar-refractivity contribution >= 4 is 21.8 Å². The summed E-state index contributed by atoms with van der Waals surface area (Å²) in [6.45, 7) is 0.802. The normalized spacial score (nSPS) is 21.2. The van der Waals surface area contributed by atoms with E-state index in [-0.39, 0.29) is 60.8 Å². The summed E-state index contributed by atoms with van der Waals surface area (Å²) in [6.07, 6.45) is 0.544. The van der Waals surface area contributed by atoms with Crippen molar-refractivity contribution in [2.75, 3.05) is 37.7 Å². The molecule has 2 aliphatic carbocycles. The van der Waals surface area contributed by atoms with Crippen LogP contribution in [0, 0.1) is 5.82 Å². The molecule has 1 aliphatic heterocycles. The van der Waals surface area contributed by atoms with E-state index >= 15 is 0 Å². The minimum absolute atomic E-state index is 0.0872. The van der Waals surface area contributed by atoms with Crippen LogP contribution in [-0.4, -0.2) is 75.1 Å². The van der Waals surface area contributed by atoms with Gasteiger partial charge in [-0.2, -0.15) is 0 Å². The molecular formula is C32H34FN3O5S. The summed E-state index contributed by atoms with van der Waals surface area (Å²) in [5.74, 6) is -0.584. The van der Waals surface area contributed by atoms with E-state index in [2.05, 4.69) is 22.8 Å². The molecule has 2 N–H and O–H groups in total. The highest BCUT2D eigenvalue weighted by atomic mass is 32.2. The molecule has 220 valence electrons. The van der Waals surface area contributed by atoms with Gasteiger partial charge in [-0.1, -0.05) is 60.7 Å². The van der Waals surface area contributed by atoms with Crippen LogP contribution in [0.25, 0.3) is 11.1 Å². The lowest BCUT2D eigenvalue weighted by molar-refractivity contribution is -0.133. The fraction of sp³-hybridized carbons (Fsp3) is 0.375. The van der Waals surface area contributed by atoms with Crippen LogP contribution in [-0.2, 0) is 19.4 Å². The van der Waals surface area contributed by atoms with Gasteiger partial charge in [0.25, 0.3) is 0 Å². The van der Waals surface area contributed by atoms with Gasteiger partial charge in [0, 0.05) is 31.0 Å². The van der Waals surface area contributed by atoms with E-state index in [1.807, 2.05) is 36.4 Å².